The van der Waals surface area contributed by atoms with Gasteiger partial charge >= 0.3 is 13.9 Å². The second-order valence-corrected chi connectivity index (χ2v) is 5.67. The molecule has 0 spiro atoms. The fourth-order valence-corrected chi connectivity index (χ4v) is 2.23. The number of aromatic nitrogens is 2. The van der Waals surface area contributed by atoms with E-state index in [0.29, 0.717) is 6.20 Å². The molecular weight excluding hydrogens is 314 g/mol. The van der Waals surface area contributed by atoms with Crippen LogP contribution >= 0.6 is 8.17 Å². The summed E-state index contributed by atoms with van der Waals surface area (Å²) in [6.45, 7) is -0.546. The van der Waals surface area contributed by atoms with Crippen LogP contribution in [0.2, 0.25) is 0 Å². The van der Waals surface area contributed by atoms with E-state index in [1.165, 1.54) is 0 Å². The molecule has 1 aromatic heterocycles. The van der Waals surface area contributed by atoms with E-state index >= 15 is 0 Å². The highest BCUT2D eigenvalue weighted by Crippen LogP contribution is 2.46. The molecule has 3 atom stereocenters. The smallest absolute Gasteiger partial charge is 0.390 e. The lowest BCUT2D eigenvalue weighted by molar-refractivity contribution is -0.0479. The Kier molecular flexibility index (Phi) is 4.54. The molecule has 0 amide bonds. The van der Waals surface area contributed by atoms with Crippen molar-refractivity contribution in [3.63, 3.8) is 0 Å². The standard InChI is InChI=1S/C9H12FN2O8P/c10-4-2-12(9(15)11-8(4)14)7-1-5(13)6(20-7)3-19-21(16,17)18/h2,5-7,13,16-18H,1,3H2/p+1/t5-,6+,7+/m0/s1. The third-order valence-corrected chi connectivity index (χ3v) is 3.35. The van der Waals surface area contributed by atoms with E-state index in [-0.39, 0.29) is 6.42 Å². The predicted molar refractivity (Wildman–Crippen MR) is 65.3 cm³/mol. The SMILES string of the molecule is O=c1[nH]c(=O)n([C@H]2C[C@H](O)[C@@H](CO[P+](O)(O)O)O2)cc1F. The van der Waals surface area contributed by atoms with E-state index in [9.17, 15) is 19.1 Å². The maximum Gasteiger partial charge on any atom is 0.567 e. The van der Waals surface area contributed by atoms with Gasteiger partial charge in [0, 0.05) is 6.42 Å². The molecule has 0 aromatic carbocycles. The molecule has 0 bridgehead atoms. The van der Waals surface area contributed by atoms with E-state index in [4.69, 9.17) is 19.4 Å². The van der Waals surface area contributed by atoms with Gasteiger partial charge in [0.2, 0.25) is 5.82 Å². The molecule has 0 aliphatic carbocycles. The van der Waals surface area contributed by atoms with Crippen LogP contribution in [0.5, 0.6) is 0 Å². The molecule has 1 aromatic rings. The van der Waals surface area contributed by atoms with Gasteiger partial charge in [0.15, 0.2) is 0 Å². The summed E-state index contributed by atoms with van der Waals surface area (Å²) in [5.41, 5.74) is -2.10. The van der Waals surface area contributed by atoms with Gasteiger partial charge < -0.3 is 9.84 Å². The molecule has 0 radical (unpaired) electrons. The molecule has 5 N–H and O–H groups in total. The summed E-state index contributed by atoms with van der Waals surface area (Å²) in [7, 11) is -4.48. The molecule has 0 saturated carbocycles. The van der Waals surface area contributed by atoms with Crippen LogP contribution in [0.15, 0.2) is 15.8 Å². The normalized spacial score (nSPS) is 26.2. The zero-order chi connectivity index (χ0) is 15.8. The third-order valence-electron chi connectivity index (χ3n) is 2.85. The number of ether oxygens (including phenoxy) is 1. The van der Waals surface area contributed by atoms with Crippen LogP contribution in [0.4, 0.5) is 4.39 Å². The average Bonchev–Trinajstić information content (AvgIpc) is 2.72. The van der Waals surface area contributed by atoms with E-state index in [2.05, 4.69) is 4.52 Å². The quantitative estimate of drug-likeness (QED) is 0.398. The Morgan fingerprint density at radius 2 is 2.14 bits per heavy atom. The molecule has 1 aliphatic heterocycles. The van der Waals surface area contributed by atoms with Gasteiger partial charge in [-0.1, -0.05) is 0 Å². The van der Waals surface area contributed by atoms with Crippen LogP contribution in [0.3, 0.4) is 0 Å². The second kappa shape index (κ2) is 5.89. The van der Waals surface area contributed by atoms with Crippen molar-refractivity contribution in [1.29, 1.82) is 0 Å². The molecule has 21 heavy (non-hydrogen) atoms. The Morgan fingerprint density at radius 1 is 1.48 bits per heavy atom. The molecule has 118 valence electrons. The van der Waals surface area contributed by atoms with Crippen molar-refractivity contribution < 1.29 is 33.4 Å². The van der Waals surface area contributed by atoms with Crippen molar-refractivity contribution in [3.8, 4) is 0 Å². The summed E-state index contributed by atoms with van der Waals surface area (Å²) in [6, 6.07) is 0. The first-order valence-electron chi connectivity index (χ1n) is 5.73. The number of aliphatic hydroxyl groups is 1. The fourth-order valence-electron chi connectivity index (χ4n) is 1.88. The lowest BCUT2D eigenvalue weighted by Gasteiger charge is -2.15. The van der Waals surface area contributed by atoms with Gasteiger partial charge in [-0.25, -0.2) is 4.79 Å². The van der Waals surface area contributed by atoms with Gasteiger partial charge in [-0.2, -0.15) is 23.6 Å². The molecule has 2 heterocycles. The second-order valence-electron chi connectivity index (χ2n) is 4.38. The minimum Gasteiger partial charge on any atom is -0.390 e. The number of nitrogens with zero attached hydrogens (tertiary/aromatic N) is 1. The van der Waals surface area contributed by atoms with Gasteiger partial charge in [0.05, 0.1) is 12.3 Å². The number of rotatable bonds is 4. The van der Waals surface area contributed by atoms with Gasteiger partial charge in [-0.15, -0.1) is 0 Å². The van der Waals surface area contributed by atoms with Gasteiger partial charge in [0.1, 0.15) is 18.9 Å². The number of hydrogen-bond acceptors (Lipinski definition) is 8. The van der Waals surface area contributed by atoms with Crippen molar-refractivity contribution >= 4 is 8.17 Å². The Balaban J connectivity index is 2.12. The number of nitrogens with one attached hydrogen (secondary N) is 1. The zero-order valence-corrected chi connectivity index (χ0v) is 11.3. The molecular formula is C9H13FN2O8P+. The van der Waals surface area contributed by atoms with Crippen LogP contribution in [-0.2, 0) is 9.26 Å². The largest absolute Gasteiger partial charge is 0.567 e. The molecule has 2 rings (SSSR count). The Morgan fingerprint density at radius 3 is 2.76 bits per heavy atom. The molecule has 1 saturated heterocycles. The van der Waals surface area contributed by atoms with Crippen LogP contribution in [0.1, 0.15) is 12.6 Å². The fraction of sp³-hybridized carbons (Fsp3) is 0.556. The van der Waals surface area contributed by atoms with E-state index < -0.39 is 50.3 Å². The average molecular weight is 327 g/mol. The summed E-state index contributed by atoms with van der Waals surface area (Å²) < 4.78 is 23.4. The van der Waals surface area contributed by atoms with Crippen molar-refractivity contribution in [2.75, 3.05) is 6.61 Å². The van der Waals surface area contributed by atoms with E-state index in [1.807, 2.05) is 0 Å². The number of aliphatic hydroxyl groups excluding tert-OH is 1. The summed E-state index contributed by atoms with van der Waals surface area (Å²) in [5.74, 6) is -1.20. The minimum absolute atomic E-state index is 0.118. The number of aromatic amines is 1. The number of halogens is 1. The predicted octanol–water partition coefficient (Wildman–Crippen LogP) is -2.00. The van der Waals surface area contributed by atoms with Crippen molar-refractivity contribution in [2.24, 2.45) is 0 Å². The van der Waals surface area contributed by atoms with Crippen LogP contribution in [0, 0.1) is 5.82 Å². The summed E-state index contributed by atoms with van der Waals surface area (Å²) in [5, 5.41) is 9.71. The van der Waals surface area contributed by atoms with Crippen molar-refractivity contribution in [2.45, 2.75) is 24.9 Å². The van der Waals surface area contributed by atoms with Crippen molar-refractivity contribution in [3.05, 3.63) is 32.9 Å². The van der Waals surface area contributed by atoms with E-state index in [1.54, 1.807) is 4.98 Å². The third kappa shape index (κ3) is 3.92. The zero-order valence-electron chi connectivity index (χ0n) is 10.4. The summed E-state index contributed by atoms with van der Waals surface area (Å²) in [4.78, 5) is 50.2. The van der Waals surface area contributed by atoms with Crippen LogP contribution < -0.4 is 11.2 Å². The molecule has 12 heteroatoms. The van der Waals surface area contributed by atoms with E-state index in [0.717, 1.165) is 4.57 Å². The number of H-pyrrole nitrogens is 1. The highest BCUT2D eigenvalue weighted by molar-refractivity contribution is 7.53. The maximum atomic E-state index is 13.2. The lowest BCUT2D eigenvalue weighted by atomic mass is 10.2. The van der Waals surface area contributed by atoms with Crippen molar-refractivity contribution in [1.82, 2.24) is 9.55 Å². The minimum atomic E-state index is -4.48. The van der Waals surface area contributed by atoms with Crippen LogP contribution in [-0.4, -0.2) is 48.2 Å². The highest BCUT2D eigenvalue weighted by Gasteiger charge is 2.41. The maximum absolute atomic E-state index is 13.2. The Hall–Kier alpha value is -1.20. The van der Waals surface area contributed by atoms with Crippen LogP contribution in [0.25, 0.3) is 0 Å². The Bertz CT molecular complexity index is 625. The topological polar surface area (TPSA) is 154 Å². The highest BCUT2D eigenvalue weighted by atomic mass is 31.2. The summed E-state index contributed by atoms with van der Waals surface area (Å²) in [6.07, 6.45) is -2.77. The molecule has 1 fully saturated rings. The van der Waals surface area contributed by atoms with Gasteiger partial charge in [-0.3, -0.25) is 14.3 Å². The molecule has 0 unspecified atom stereocenters. The first-order valence-corrected chi connectivity index (χ1v) is 7.30. The number of hydrogen-bond donors (Lipinski definition) is 5. The first-order chi connectivity index (χ1) is 9.67. The van der Waals surface area contributed by atoms with Gasteiger partial charge in [-0.05, 0) is 0 Å². The molecule has 10 nitrogen and oxygen atoms in total. The monoisotopic (exact) mass is 327 g/mol. The van der Waals surface area contributed by atoms with Gasteiger partial charge in [0.25, 0.3) is 5.56 Å². The lowest BCUT2D eigenvalue weighted by Crippen LogP contribution is -2.34. The Labute approximate surface area is 116 Å². The molecule has 1 aliphatic rings. The summed E-state index contributed by atoms with van der Waals surface area (Å²) >= 11 is 0. The first kappa shape index (κ1) is 16.2.